The number of aromatic nitrogens is 1. The fourth-order valence-corrected chi connectivity index (χ4v) is 3.36. The summed E-state index contributed by atoms with van der Waals surface area (Å²) in [5.41, 5.74) is 3.63. The fourth-order valence-electron chi connectivity index (χ4n) is 3.36. The molecule has 1 aromatic heterocycles. The summed E-state index contributed by atoms with van der Waals surface area (Å²) in [5, 5.41) is 0. The Bertz CT molecular complexity index is 1050. The predicted octanol–water partition coefficient (Wildman–Crippen LogP) is 4.54. The summed E-state index contributed by atoms with van der Waals surface area (Å²) in [6.45, 7) is 4.13. The number of benzene rings is 2. The number of rotatable bonds is 8. The maximum Gasteiger partial charge on any atom is 0.338 e. The maximum absolute atomic E-state index is 13.1. The van der Waals surface area contributed by atoms with Crippen LogP contribution in [0.3, 0.4) is 0 Å². The van der Waals surface area contributed by atoms with Gasteiger partial charge in [-0.25, -0.2) is 9.18 Å². The fraction of sp³-hybridized carbons (Fsp3) is 0.250. The second-order valence-corrected chi connectivity index (χ2v) is 7.04. The van der Waals surface area contributed by atoms with Crippen LogP contribution in [0.15, 0.2) is 54.6 Å². The Morgan fingerprint density at radius 3 is 2.47 bits per heavy atom. The Labute approximate surface area is 175 Å². The van der Waals surface area contributed by atoms with E-state index in [0.29, 0.717) is 23.4 Å². The van der Waals surface area contributed by atoms with Gasteiger partial charge in [0.1, 0.15) is 11.6 Å². The summed E-state index contributed by atoms with van der Waals surface area (Å²) in [6, 6.07) is 14.8. The van der Waals surface area contributed by atoms with Gasteiger partial charge in [-0.2, -0.15) is 0 Å². The summed E-state index contributed by atoms with van der Waals surface area (Å²) in [7, 11) is 1.51. The molecule has 1 heterocycles. The van der Waals surface area contributed by atoms with Gasteiger partial charge in [-0.05, 0) is 62.2 Å². The number of carbonyl (C=O) groups excluding carboxylic acids is 2. The molecular formula is C24H24FNO4. The molecule has 0 radical (unpaired) electrons. The zero-order chi connectivity index (χ0) is 21.7. The molecule has 156 valence electrons. The van der Waals surface area contributed by atoms with E-state index in [1.54, 1.807) is 36.4 Å². The number of carbonyl (C=O) groups is 2. The average molecular weight is 409 g/mol. The molecule has 0 aliphatic heterocycles. The normalized spacial score (nSPS) is 10.7. The molecule has 0 spiro atoms. The first-order chi connectivity index (χ1) is 14.4. The third-order valence-electron chi connectivity index (χ3n) is 5.05. The summed E-state index contributed by atoms with van der Waals surface area (Å²) in [4.78, 5) is 24.9. The number of hydrogen-bond acceptors (Lipinski definition) is 4. The van der Waals surface area contributed by atoms with Gasteiger partial charge in [-0.1, -0.05) is 18.2 Å². The molecule has 0 fully saturated rings. The minimum atomic E-state index is -0.577. The lowest BCUT2D eigenvalue weighted by Gasteiger charge is -2.10. The van der Waals surface area contributed by atoms with Crippen LogP contribution in [-0.4, -0.2) is 30.0 Å². The lowest BCUT2D eigenvalue weighted by molar-refractivity contribution is 0.0474. The topological polar surface area (TPSA) is 57.5 Å². The number of nitrogens with zero attached hydrogens (tertiary/aromatic N) is 1. The van der Waals surface area contributed by atoms with Crippen molar-refractivity contribution >= 4 is 11.8 Å². The smallest absolute Gasteiger partial charge is 0.338 e. The van der Waals surface area contributed by atoms with Crippen molar-refractivity contribution in [3.05, 3.63) is 88.5 Å². The number of methoxy groups -OCH3 is 1. The van der Waals surface area contributed by atoms with Crippen molar-refractivity contribution in [1.82, 2.24) is 4.57 Å². The summed E-state index contributed by atoms with van der Waals surface area (Å²) < 4.78 is 25.4. The van der Waals surface area contributed by atoms with Crippen molar-refractivity contribution in [3.63, 3.8) is 0 Å². The Hall–Kier alpha value is -3.41. The Balaban J connectivity index is 1.64. The third kappa shape index (κ3) is 4.95. The van der Waals surface area contributed by atoms with E-state index < -0.39 is 5.97 Å². The van der Waals surface area contributed by atoms with E-state index in [9.17, 15) is 14.0 Å². The highest BCUT2D eigenvalue weighted by Gasteiger charge is 2.18. The summed E-state index contributed by atoms with van der Waals surface area (Å²) in [6.07, 6.45) is 0.717. The first kappa shape index (κ1) is 21.3. The largest absolute Gasteiger partial charge is 0.497 e. The number of ketones is 1. The molecule has 3 aromatic rings. The quantitative estimate of drug-likeness (QED) is 0.405. The Morgan fingerprint density at radius 2 is 1.77 bits per heavy atom. The first-order valence-corrected chi connectivity index (χ1v) is 9.64. The SMILES string of the molecule is COc1cccc(C(=O)OCC(=O)c2cc(C)n(CCc3ccc(F)cc3)c2C)c1. The van der Waals surface area contributed by atoms with E-state index in [0.717, 1.165) is 23.4 Å². The van der Waals surface area contributed by atoms with Gasteiger partial charge in [-0.3, -0.25) is 4.79 Å². The number of Topliss-reactive ketones (excluding diaryl/α,β-unsaturated/α-hetero) is 1. The molecule has 3 rings (SSSR count). The van der Waals surface area contributed by atoms with Crippen LogP contribution in [0.2, 0.25) is 0 Å². The van der Waals surface area contributed by atoms with Gasteiger partial charge in [0.2, 0.25) is 5.78 Å². The van der Waals surface area contributed by atoms with Gasteiger partial charge in [0.25, 0.3) is 0 Å². The van der Waals surface area contributed by atoms with Gasteiger partial charge in [0.15, 0.2) is 6.61 Å². The number of hydrogen-bond donors (Lipinski definition) is 0. The third-order valence-corrected chi connectivity index (χ3v) is 5.05. The number of aryl methyl sites for hydroxylation is 2. The van der Waals surface area contributed by atoms with E-state index in [-0.39, 0.29) is 18.2 Å². The second-order valence-electron chi connectivity index (χ2n) is 7.04. The highest BCUT2D eigenvalue weighted by atomic mass is 19.1. The standard InChI is InChI=1S/C24H24FNO4/c1-16-13-22(17(2)26(16)12-11-18-7-9-20(25)10-8-18)23(27)15-30-24(28)19-5-4-6-21(14-19)29-3/h4-10,13-14H,11-12,15H2,1-3H3. The summed E-state index contributed by atoms with van der Waals surface area (Å²) in [5.74, 6) is -0.552. The molecule has 0 saturated heterocycles. The van der Waals surface area contributed by atoms with Crippen molar-refractivity contribution in [2.24, 2.45) is 0 Å². The molecule has 5 nitrogen and oxygen atoms in total. The van der Waals surface area contributed by atoms with E-state index in [2.05, 4.69) is 0 Å². The van der Waals surface area contributed by atoms with Gasteiger partial charge >= 0.3 is 5.97 Å². The van der Waals surface area contributed by atoms with Crippen LogP contribution in [0.4, 0.5) is 4.39 Å². The second kappa shape index (κ2) is 9.39. The highest BCUT2D eigenvalue weighted by molar-refractivity contribution is 6.00. The highest BCUT2D eigenvalue weighted by Crippen LogP contribution is 2.18. The van der Waals surface area contributed by atoms with E-state index in [4.69, 9.17) is 9.47 Å². The lowest BCUT2D eigenvalue weighted by Crippen LogP contribution is -2.15. The zero-order valence-corrected chi connectivity index (χ0v) is 17.3. The molecule has 0 N–H and O–H groups in total. The van der Waals surface area contributed by atoms with Crippen LogP contribution < -0.4 is 4.74 Å². The predicted molar refractivity (Wildman–Crippen MR) is 112 cm³/mol. The lowest BCUT2D eigenvalue weighted by atomic mass is 10.1. The number of halogens is 1. The minimum Gasteiger partial charge on any atom is -0.497 e. The monoisotopic (exact) mass is 409 g/mol. The van der Waals surface area contributed by atoms with E-state index >= 15 is 0 Å². The molecule has 0 bridgehead atoms. The molecular weight excluding hydrogens is 385 g/mol. The van der Waals surface area contributed by atoms with Crippen LogP contribution in [-0.2, 0) is 17.7 Å². The van der Waals surface area contributed by atoms with Gasteiger partial charge < -0.3 is 14.0 Å². The van der Waals surface area contributed by atoms with Crippen molar-refractivity contribution in [3.8, 4) is 5.75 Å². The maximum atomic E-state index is 13.1. The number of ether oxygens (including phenoxy) is 2. The molecule has 30 heavy (non-hydrogen) atoms. The zero-order valence-electron chi connectivity index (χ0n) is 17.3. The van der Waals surface area contributed by atoms with Crippen LogP contribution in [0.1, 0.15) is 37.7 Å². The summed E-state index contributed by atoms with van der Waals surface area (Å²) >= 11 is 0. The van der Waals surface area contributed by atoms with Crippen LogP contribution in [0, 0.1) is 19.7 Å². The van der Waals surface area contributed by atoms with Crippen LogP contribution >= 0.6 is 0 Å². The van der Waals surface area contributed by atoms with Crippen molar-refractivity contribution < 1.29 is 23.5 Å². The molecule has 0 unspecified atom stereocenters. The van der Waals surface area contributed by atoms with E-state index in [1.807, 2.05) is 24.5 Å². The molecule has 0 saturated carbocycles. The molecule has 0 aliphatic rings. The first-order valence-electron chi connectivity index (χ1n) is 9.64. The minimum absolute atomic E-state index is 0.257. The molecule has 0 aliphatic carbocycles. The van der Waals surface area contributed by atoms with Gasteiger partial charge in [0.05, 0.1) is 12.7 Å². The Morgan fingerprint density at radius 1 is 1.03 bits per heavy atom. The van der Waals surface area contributed by atoms with Crippen LogP contribution in [0.25, 0.3) is 0 Å². The van der Waals surface area contributed by atoms with Crippen molar-refractivity contribution in [2.45, 2.75) is 26.8 Å². The average Bonchev–Trinajstić information content (AvgIpc) is 3.05. The van der Waals surface area contributed by atoms with Crippen molar-refractivity contribution in [1.29, 1.82) is 0 Å². The molecule has 6 heteroatoms. The molecule has 0 atom stereocenters. The Kier molecular flexibility index (Phi) is 6.67. The van der Waals surface area contributed by atoms with E-state index in [1.165, 1.54) is 19.2 Å². The number of esters is 1. The van der Waals surface area contributed by atoms with Crippen molar-refractivity contribution in [2.75, 3.05) is 13.7 Å². The molecule has 2 aromatic carbocycles. The van der Waals surface area contributed by atoms with Gasteiger partial charge in [-0.15, -0.1) is 0 Å². The van der Waals surface area contributed by atoms with Crippen LogP contribution in [0.5, 0.6) is 5.75 Å². The van der Waals surface area contributed by atoms with Gasteiger partial charge in [0, 0.05) is 23.5 Å². The molecule has 0 amide bonds.